The minimum atomic E-state index is -1.69. The molecule has 0 saturated carbocycles. The van der Waals surface area contributed by atoms with Crippen LogP contribution in [0.2, 0.25) is 5.02 Å². The Balaban J connectivity index is 1.58. The van der Waals surface area contributed by atoms with Crippen molar-refractivity contribution in [1.82, 2.24) is 4.57 Å². The van der Waals surface area contributed by atoms with E-state index in [-0.39, 0.29) is 36.2 Å². The Kier molecular flexibility index (Phi) is 7.54. The number of aliphatic hydroxyl groups excluding tert-OH is 1. The highest BCUT2D eigenvalue weighted by Crippen LogP contribution is 2.38. The van der Waals surface area contributed by atoms with Crippen LogP contribution in [0, 0.1) is 11.6 Å². The van der Waals surface area contributed by atoms with Crippen LogP contribution >= 0.6 is 11.6 Å². The van der Waals surface area contributed by atoms with Crippen LogP contribution in [0.4, 0.5) is 20.2 Å². The summed E-state index contributed by atoms with van der Waals surface area (Å²) < 4.78 is 33.7. The molecule has 2 heterocycles. The van der Waals surface area contributed by atoms with Gasteiger partial charge in [0.05, 0.1) is 17.9 Å². The SMILES string of the molecule is CC(C)(O)C(=O)N1CN(C(=O)CO)c2cc(Cn3ccc(OCc4ccc(F)cc4F)c(Cl)c3=O)ccc21. The number of anilines is 2. The maximum atomic E-state index is 13.9. The third-order valence-electron chi connectivity index (χ3n) is 5.93. The molecule has 1 aliphatic heterocycles. The van der Waals surface area contributed by atoms with Gasteiger partial charge in [-0.15, -0.1) is 0 Å². The van der Waals surface area contributed by atoms with Gasteiger partial charge in [0.1, 0.15) is 47.9 Å². The summed E-state index contributed by atoms with van der Waals surface area (Å²) in [6.45, 7) is 1.47. The van der Waals surface area contributed by atoms with E-state index < -0.39 is 41.2 Å². The number of halogens is 3. The molecule has 0 spiro atoms. The molecule has 0 aliphatic carbocycles. The van der Waals surface area contributed by atoms with Gasteiger partial charge in [0.2, 0.25) is 0 Å². The van der Waals surface area contributed by atoms with Crippen molar-refractivity contribution < 1.29 is 33.3 Å². The second-order valence-electron chi connectivity index (χ2n) is 9.19. The lowest BCUT2D eigenvalue weighted by atomic mass is 10.1. The number of fused-ring (bicyclic) bond motifs is 1. The maximum absolute atomic E-state index is 13.9. The molecule has 1 aliphatic rings. The van der Waals surface area contributed by atoms with Crippen molar-refractivity contribution >= 4 is 34.8 Å². The van der Waals surface area contributed by atoms with Crippen molar-refractivity contribution in [2.45, 2.75) is 32.6 Å². The highest BCUT2D eigenvalue weighted by atomic mass is 35.5. The third-order valence-corrected chi connectivity index (χ3v) is 6.28. The van der Waals surface area contributed by atoms with Crippen LogP contribution in [0.1, 0.15) is 25.0 Å². The number of amides is 2. The quantitative estimate of drug-likeness (QED) is 0.470. The van der Waals surface area contributed by atoms with E-state index in [1.165, 1.54) is 46.5 Å². The molecular weight excluding hydrogens is 524 g/mol. The number of rotatable bonds is 7. The molecule has 200 valence electrons. The van der Waals surface area contributed by atoms with E-state index in [1.807, 2.05) is 0 Å². The van der Waals surface area contributed by atoms with E-state index in [0.29, 0.717) is 16.9 Å². The van der Waals surface area contributed by atoms with Crippen LogP contribution in [-0.4, -0.2) is 45.5 Å². The number of pyridine rings is 1. The summed E-state index contributed by atoms with van der Waals surface area (Å²) in [5.74, 6) is -2.76. The molecule has 0 bridgehead atoms. The fourth-order valence-electron chi connectivity index (χ4n) is 3.96. The first-order valence-electron chi connectivity index (χ1n) is 11.4. The zero-order chi connectivity index (χ0) is 27.8. The molecule has 12 heteroatoms. The standard InChI is InChI=1S/C26H24ClF2N3O6/c1-26(2,37)25(36)32-14-31(22(34)12-33)20-9-15(3-6-19(20)32)11-30-8-7-21(23(27)24(30)35)38-13-16-4-5-17(28)10-18(16)29/h3-10,33,37H,11-14H2,1-2H3. The van der Waals surface area contributed by atoms with Crippen LogP contribution in [0.25, 0.3) is 0 Å². The van der Waals surface area contributed by atoms with Crippen molar-refractivity contribution in [3.8, 4) is 5.75 Å². The lowest BCUT2D eigenvalue weighted by molar-refractivity contribution is -0.133. The molecule has 0 fully saturated rings. The van der Waals surface area contributed by atoms with Crippen LogP contribution in [0.5, 0.6) is 5.75 Å². The predicted octanol–water partition coefficient (Wildman–Crippen LogP) is 2.81. The van der Waals surface area contributed by atoms with Crippen molar-refractivity contribution in [2.24, 2.45) is 0 Å². The second-order valence-corrected chi connectivity index (χ2v) is 9.57. The summed E-state index contributed by atoms with van der Waals surface area (Å²) in [6, 6.07) is 9.32. The smallest absolute Gasteiger partial charge is 0.273 e. The average Bonchev–Trinajstić information content (AvgIpc) is 3.24. The Bertz CT molecular complexity index is 1470. The zero-order valence-electron chi connectivity index (χ0n) is 20.5. The molecule has 0 atom stereocenters. The van der Waals surface area contributed by atoms with Crippen molar-refractivity contribution in [3.05, 3.63) is 86.8 Å². The summed E-state index contributed by atoms with van der Waals surface area (Å²) in [4.78, 5) is 40.4. The highest BCUT2D eigenvalue weighted by Gasteiger charge is 2.39. The average molecular weight is 548 g/mol. The Hall–Kier alpha value is -3.80. The fraction of sp³-hybridized carbons (Fsp3) is 0.269. The van der Waals surface area contributed by atoms with Gasteiger partial charge >= 0.3 is 0 Å². The van der Waals surface area contributed by atoms with Gasteiger partial charge in [0, 0.05) is 17.8 Å². The minimum Gasteiger partial charge on any atom is -0.487 e. The Labute approximate surface area is 221 Å². The number of carbonyl (C=O) groups excluding carboxylic acids is 2. The Morgan fingerprint density at radius 2 is 1.82 bits per heavy atom. The Morgan fingerprint density at radius 1 is 1.08 bits per heavy atom. The van der Waals surface area contributed by atoms with Crippen LogP contribution in [-0.2, 0) is 22.7 Å². The second kappa shape index (κ2) is 10.5. The number of hydrogen-bond donors (Lipinski definition) is 2. The molecule has 0 radical (unpaired) electrons. The maximum Gasteiger partial charge on any atom is 0.273 e. The molecule has 0 unspecified atom stereocenters. The van der Waals surface area contributed by atoms with E-state index in [4.69, 9.17) is 16.3 Å². The van der Waals surface area contributed by atoms with E-state index in [0.717, 1.165) is 12.1 Å². The number of carbonyl (C=O) groups is 2. The predicted molar refractivity (Wildman–Crippen MR) is 135 cm³/mol. The summed E-state index contributed by atoms with van der Waals surface area (Å²) in [5.41, 5.74) is -0.915. The summed E-state index contributed by atoms with van der Waals surface area (Å²) in [6.07, 6.45) is 1.43. The first kappa shape index (κ1) is 27.2. The van der Waals surface area contributed by atoms with Crippen molar-refractivity contribution in [1.29, 1.82) is 0 Å². The molecule has 2 amide bonds. The van der Waals surface area contributed by atoms with E-state index in [9.17, 15) is 33.4 Å². The van der Waals surface area contributed by atoms with Crippen molar-refractivity contribution in [2.75, 3.05) is 23.1 Å². The minimum absolute atomic E-state index is 0.0195. The molecule has 38 heavy (non-hydrogen) atoms. The molecule has 0 saturated heterocycles. The van der Waals surface area contributed by atoms with Crippen molar-refractivity contribution in [3.63, 3.8) is 0 Å². The normalized spacial score (nSPS) is 13.0. The summed E-state index contributed by atoms with van der Waals surface area (Å²) in [7, 11) is 0. The fourth-order valence-corrected chi connectivity index (χ4v) is 4.19. The molecule has 9 nitrogen and oxygen atoms in total. The molecular formula is C26H24ClF2N3O6. The number of aromatic nitrogens is 1. The van der Waals surface area contributed by atoms with Crippen LogP contribution in [0.15, 0.2) is 53.5 Å². The lowest BCUT2D eigenvalue weighted by Gasteiger charge is -2.25. The van der Waals surface area contributed by atoms with Gasteiger partial charge in [-0.3, -0.25) is 24.2 Å². The van der Waals surface area contributed by atoms with E-state index in [1.54, 1.807) is 18.2 Å². The van der Waals surface area contributed by atoms with Gasteiger partial charge in [0.15, 0.2) is 0 Å². The molecule has 2 N–H and O–H groups in total. The number of aliphatic hydroxyl groups is 2. The van der Waals surface area contributed by atoms with Gasteiger partial charge in [-0.25, -0.2) is 8.78 Å². The topological polar surface area (TPSA) is 112 Å². The van der Waals surface area contributed by atoms with Gasteiger partial charge in [0.25, 0.3) is 17.4 Å². The number of ether oxygens (including phenoxy) is 1. The Morgan fingerprint density at radius 3 is 2.47 bits per heavy atom. The third kappa shape index (κ3) is 5.40. The number of nitrogens with zero attached hydrogens (tertiary/aromatic N) is 3. The number of hydrogen-bond acceptors (Lipinski definition) is 6. The summed E-state index contributed by atoms with van der Waals surface area (Å²) in [5, 5.41) is 19.3. The first-order valence-corrected chi connectivity index (χ1v) is 11.8. The van der Waals surface area contributed by atoms with Gasteiger partial charge in [-0.1, -0.05) is 17.7 Å². The van der Waals surface area contributed by atoms with Gasteiger partial charge in [-0.2, -0.15) is 0 Å². The zero-order valence-corrected chi connectivity index (χ0v) is 21.2. The molecule has 1 aromatic heterocycles. The first-order chi connectivity index (χ1) is 17.9. The lowest BCUT2D eigenvalue weighted by Crippen LogP contribution is -2.47. The monoisotopic (exact) mass is 547 g/mol. The van der Waals surface area contributed by atoms with Gasteiger partial charge in [-0.05, 0) is 49.7 Å². The summed E-state index contributed by atoms with van der Waals surface area (Å²) >= 11 is 6.21. The van der Waals surface area contributed by atoms with Crippen LogP contribution in [0.3, 0.4) is 0 Å². The molecule has 4 rings (SSSR count). The molecule has 2 aromatic carbocycles. The van der Waals surface area contributed by atoms with Gasteiger partial charge < -0.3 is 19.5 Å². The van der Waals surface area contributed by atoms with E-state index >= 15 is 0 Å². The largest absolute Gasteiger partial charge is 0.487 e. The van der Waals surface area contributed by atoms with E-state index in [2.05, 4.69) is 0 Å². The highest BCUT2D eigenvalue weighted by molar-refractivity contribution is 6.31. The van der Waals surface area contributed by atoms with Crippen LogP contribution < -0.4 is 20.1 Å². The number of benzene rings is 2. The molecule has 3 aromatic rings.